The third-order valence-electron chi connectivity index (χ3n) is 4.34. The molecule has 172 valence electrons. The Morgan fingerprint density at radius 1 is 1.35 bits per heavy atom. The molecule has 3 atom stereocenters. The monoisotopic (exact) mass is 458 g/mol. The minimum absolute atomic E-state index is 0.0174. The zero-order chi connectivity index (χ0) is 23.1. The van der Waals surface area contributed by atoms with Crippen molar-refractivity contribution < 1.29 is 37.5 Å². The molecule has 2 N–H and O–H groups in total. The Bertz CT molecular complexity index is 835. The average molecular weight is 458 g/mol. The molecule has 13 heteroatoms. The van der Waals surface area contributed by atoms with E-state index in [1.807, 2.05) is 0 Å². The highest BCUT2D eigenvalue weighted by Gasteiger charge is 2.49. The van der Waals surface area contributed by atoms with Crippen molar-refractivity contribution in [2.75, 3.05) is 20.3 Å². The van der Waals surface area contributed by atoms with Crippen LogP contribution in [0.5, 0.6) is 0 Å². The molecule has 2 heterocycles. The van der Waals surface area contributed by atoms with Crippen molar-refractivity contribution in [1.29, 1.82) is 0 Å². The number of nitrogens with zero attached hydrogens (tertiary/aromatic N) is 2. The third kappa shape index (κ3) is 7.35. The molecule has 1 aliphatic heterocycles. The Morgan fingerprint density at radius 2 is 2.10 bits per heavy atom. The van der Waals surface area contributed by atoms with Gasteiger partial charge in [0, 0.05) is 24.4 Å². The Kier molecular flexibility index (Phi) is 8.63. The van der Waals surface area contributed by atoms with Gasteiger partial charge in [0.15, 0.2) is 6.10 Å². The normalized spacial score (nSPS) is 23.4. The van der Waals surface area contributed by atoms with Crippen molar-refractivity contribution in [1.82, 2.24) is 20.4 Å². The number of rotatable bonds is 9. The van der Waals surface area contributed by atoms with Crippen LogP contribution in [0.1, 0.15) is 32.9 Å². The lowest BCUT2D eigenvalue weighted by molar-refractivity contribution is -0.147. The molecule has 1 saturated heterocycles. The summed E-state index contributed by atoms with van der Waals surface area (Å²) in [5.41, 5.74) is -0.356. The van der Waals surface area contributed by atoms with Gasteiger partial charge in [-0.2, -0.15) is 0 Å². The zero-order valence-electron chi connectivity index (χ0n) is 17.8. The van der Waals surface area contributed by atoms with E-state index in [4.69, 9.17) is 13.8 Å². The predicted octanol–water partition coefficient (Wildman–Crippen LogP) is 0.727. The maximum absolute atomic E-state index is 13.0. The van der Waals surface area contributed by atoms with Crippen LogP contribution in [-0.2, 0) is 44.1 Å². The van der Waals surface area contributed by atoms with Gasteiger partial charge in [0.25, 0.3) is 0 Å². The Labute approximate surface area is 180 Å². The SMILES string of the molecule is COC(=O)CCNC(=O)[C@@H]1O[P@](=O)(N[C@H](C)C(=O)OCc2cnccn2)OCC1(C)C. The van der Waals surface area contributed by atoms with Gasteiger partial charge in [-0.1, -0.05) is 13.8 Å². The standard InChI is InChI=1S/C18H27N4O8P/c1-12(17(25)28-10-13-9-19-7-8-20-13)22-31(26)29-11-18(2,3)15(30-31)16(24)21-6-5-14(23)27-4/h7-9,12,15H,5-6,10-11H2,1-4H3,(H,21,24)(H,22,26)/t12-,15+,31+/m1/s1. The molecule has 0 bridgehead atoms. The van der Waals surface area contributed by atoms with Crippen molar-refractivity contribution in [3.05, 3.63) is 24.3 Å². The summed E-state index contributed by atoms with van der Waals surface area (Å²) in [6.07, 6.45) is 3.25. The summed E-state index contributed by atoms with van der Waals surface area (Å²) in [6.45, 7) is 4.71. The Hall–Kier alpha value is -2.40. The summed E-state index contributed by atoms with van der Waals surface area (Å²) < 4.78 is 33.5. The van der Waals surface area contributed by atoms with E-state index in [1.165, 1.54) is 32.6 Å². The van der Waals surface area contributed by atoms with Crippen LogP contribution in [0.2, 0.25) is 0 Å². The van der Waals surface area contributed by atoms with Crippen LogP contribution in [0.15, 0.2) is 18.6 Å². The second-order valence-electron chi connectivity index (χ2n) is 7.52. The molecular formula is C18H27N4O8P. The van der Waals surface area contributed by atoms with Gasteiger partial charge >= 0.3 is 19.7 Å². The summed E-state index contributed by atoms with van der Waals surface area (Å²) >= 11 is 0. The van der Waals surface area contributed by atoms with E-state index in [0.29, 0.717) is 5.69 Å². The highest BCUT2D eigenvalue weighted by Crippen LogP contribution is 2.53. The van der Waals surface area contributed by atoms with Crippen molar-refractivity contribution >= 4 is 25.6 Å². The van der Waals surface area contributed by atoms with Crippen LogP contribution in [-0.4, -0.2) is 60.2 Å². The lowest BCUT2D eigenvalue weighted by atomic mass is 9.87. The van der Waals surface area contributed by atoms with Crippen LogP contribution >= 0.6 is 7.75 Å². The van der Waals surface area contributed by atoms with Crippen LogP contribution in [0.25, 0.3) is 0 Å². The minimum atomic E-state index is -4.00. The maximum atomic E-state index is 13.0. The number of carbonyl (C=O) groups excluding carboxylic acids is 3. The number of carbonyl (C=O) groups is 3. The maximum Gasteiger partial charge on any atom is 0.407 e. The van der Waals surface area contributed by atoms with E-state index >= 15 is 0 Å². The first-order chi connectivity index (χ1) is 14.6. The molecule has 1 aliphatic rings. The van der Waals surface area contributed by atoms with Crippen molar-refractivity contribution in [3.8, 4) is 0 Å². The van der Waals surface area contributed by atoms with Crippen LogP contribution in [0.3, 0.4) is 0 Å². The molecule has 1 amide bonds. The summed E-state index contributed by atoms with van der Waals surface area (Å²) in [7, 11) is -2.75. The molecule has 0 radical (unpaired) electrons. The van der Waals surface area contributed by atoms with Crippen molar-refractivity contribution in [3.63, 3.8) is 0 Å². The number of aromatic nitrogens is 2. The van der Waals surface area contributed by atoms with Gasteiger partial charge in [0.2, 0.25) is 5.91 Å². The first-order valence-electron chi connectivity index (χ1n) is 9.53. The zero-order valence-corrected chi connectivity index (χ0v) is 18.7. The quantitative estimate of drug-likeness (QED) is 0.397. The van der Waals surface area contributed by atoms with Crippen molar-refractivity contribution in [2.45, 2.75) is 45.9 Å². The van der Waals surface area contributed by atoms with E-state index < -0.39 is 43.2 Å². The largest absolute Gasteiger partial charge is 0.469 e. The first-order valence-corrected chi connectivity index (χ1v) is 11.1. The van der Waals surface area contributed by atoms with Gasteiger partial charge in [-0.25, -0.2) is 9.65 Å². The fraction of sp³-hybridized carbons (Fsp3) is 0.611. The van der Waals surface area contributed by atoms with Gasteiger partial charge < -0.3 is 14.8 Å². The smallest absolute Gasteiger partial charge is 0.407 e. The molecule has 1 aromatic heterocycles. The Morgan fingerprint density at radius 3 is 2.74 bits per heavy atom. The third-order valence-corrected chi connectivity index (χ3v) is 6.00. The summed E-state index contributed by atoms with van der Waals surface area (Å²) in [5, 5.41) is 5.04. The lowest BCUT2D eigenvalue weighted by Crippen LogP contribution is -2.51. The highest BCUT2D eigenvalue weighted by molar-refractivity contribution is 7.51. The molecule has 1 fully saturated rings. The molecule has 0 spiro atoms. The molecule has 0 saturated carbocycles. The number of methoxy groups -OCH3 is 1. The van der Waals surface area contributed by atoms with E-state index in [2.05, 4.69) is 25.1 Å². The predicted molar refractivity (Wildman–Crippen MR) is 106 cm³/mol. The van der Waals surface area contributed by atoms with Crippen LogP contribution in [0.4, 0.5) is 0 Å². The average Bonchev–Trinajstić information content (AvgIpc) is 2.74. The number of hydrogen-bond acceptors (Lipinski definition) is 10. The number of amides is 1. The molecule has 31 heavy (non-hydrogen) atoms. The summed E-state index contributed by atoms with van der Waals surface area (Å²) in [4.78, 5) is 43.8. The molecule has 2 rings (SSSR count). The molecule has 1 aromatic rings. The van der Waals surface area contributed by atoms with Gasteiger partial charge in [0.1, 0.15) is 12.6 Å². The van der Waals surface area contributed by atoms with E-state index in [9.17, 15) is 18.9 Å². The number of nitrogens with one attached hydrogen (secondary N) is 2. The molecular weight excluding hydrogens is 431 g/mol. The van der Waals surface area contributed by atoms with Gasteiger partial charge in [-0.05, 0) is 6.92 Å². The Balaban J connectivity index is 1.94. The van der Waals surface area contributed by atoms with E-state index in [1.54, 1.807) is 13.8 Å². The van der Waals surface area contributed by atoms with Crippen molar-refractivity contribution in [2.24, 2.45) is 5.41 Å². The molecule has 0 aliphatic carbocycles. The van der Waals surface area contributed by atoms with Gasteiger partial charge in [0.05, 0.1) is 32.0 Å². The number of esters is 2. The topological polar surface area (TPSA) is 155 Å². The fourth-order valence-electron chi connectivity index (χ4n) is 2.56. The van der Waals surface area contributed by atoms with E-state index in [0.717, 1.165) is 0 Å². The second-order valence-corrected chi connectivity index (χ2v) is 9.24. The summed E-state index contributed by atoms with van der Waals surface area (Å²) in [6, 6.07) is -1.05. The lowest BCUT2D eigenvalue weighted by Gasteiger charge is -2.40. The fourth-order valence-corrected chi connectivity index (χ4v) is 4.49. The molecule has 12 nitrogen and oxygen atoms in total. The number of ether oxygens (including phenoxy) is 2. The molecule has 0 aromatic carbocycles. The number of hydrogen-bond donors (Lipinski definition) is 2. The second kappa shape index (κ2) is 10.8. The minimum Gasteiger partial charge on any atom is -0.469 e. The van der Waals surface area contributed by atoms with E-state index in [-0.39, 0.29) is 26.2 Å². The van der Waals surface area contributed by atoms with Gasteiger partial charge in [-0.3, -0.25) is 33.4 Å². The highest BCUT2D eigenvalue weighted by atomic mass is 31.2. The van der Waals surface area contributed by atoms with Crippen LogP contribution < -0.4 is 10.4 Å². The van der Waals surface area contributed by atoms with Crippen LogP contribution in [0, 0.1) is 5.41 Å². The first kappa shape index (κ1) is 24.9. The summed E-state index contributed by atoms with van der Waals surface area (Å²) in [5.74, 6) is -1.75. The molecule has 0 unspecified atom stereocenters. The van der Waals surface area contributed by atoms with Gasteiger partial charge in [-0.15, -0.1) is 0 Å².